The molecule has 0 amide bonds. The number of aromatic hydroxyl groups is 1. The summed E-state index contributed by atoms with van der Waals surface area (Å²) in [5, 5.41) is 13.7. The van der Waals surface area contributed by atoms with Crippen molar-refractivity contribution in [3.63, 3.8) is 0 Å². The lowest BCUT2D eigenvalue weighted by molar-refractivity contribution is 0.103. The van der Waals surface area contributed by atoms with Crippen molar-refractivity contribution in [2.45, 2.75) is 6.04 Å². The van der Waals surface area contributed by atoms with E-state index in [4.69, 9.17) is 5.73 Å². The average molecular weight is 460 g/mol. The summed E-state index contributed by atoms with van der Waals surface area (Å²) in [5.41, 5.74) is 9.04. The van der Waals surface area contributed by atoms with E-state index in [0.717, 1.165) is 25.5 Å². The van der Waals surface area contributed by atoms with Gasteiger partial charge in [-0.3, -0.25) is 4.79 Å². The Kier molecular flexibility index (Phi) is 5.93. The molecule has 1 aliphatic heterocycles. The Bertz CT molecular complexity index is 1340. The number of nitrogen functional groups attached to an aromatic ring is 1. The zero-order valence-corrected chi connectivity index (χ0v) is 18.6. The number of benzene rings is 2. The molecule has 1 fully saturated rings. The minimum Gasteiger partial charge on any atom is -0.507 e. The van der Waals surface area contributed by atoms with E-state index in [2.05, 4.69) is 32.3 Å². The summed E-state index contributed by atoms with van der Waals surface area (Å²) in [4.78, 5) is 24.4. The number of phenols is 1. The SMILES string of the molecule is Nc1ncc(-c2ccccc2O)cc1C(=O)c1cccc(N2CCNC(c3ccccc3)C2)n1.[HH].[HH].[HH].[HH]. The molecule has 0 aliphatic carbocycles. The van der Waals surface area contributed by atoms with Gasteiger partial charge in [-0.05, 0) is 29.8 Å². The van der Waals surface area contributed by atoms with Crippen LogP contribution in [0.25, 0.3) is 11.1 Å². The fourth-order valence-electron chi connectivity index (χ4n) is 4.25. The third-order valence-electron chi connectivity index (χ3n) is 6.05. The Morgan fingerprint density at radius 2 is 1.85 bits per heavy atom. The second-order valence-corrected chi connectivity index (χ2v) is 8.25. The molecule has 178 valence electrons. The number of carbonyl (C=O) groups excluding carboxylic acids is 1. The number of rotatable bonds is 5. The number of phenolic OH excluding ortho intramolecular Hbond substituents is 1. The molecule has 0 radical (unpaired) electrons. The van der Waals surface area contributed by atoms with Crippen LogP contribution in [0.3, 0.4) is 0 Å². The minimum atomic E-state index is -0.307. The first-order valence-electron chi connectivity index (χ1n) is 11.2. The average Bonchev–Trinajstić information content (AvgIpc) is 2.90. The number of aromatic nitrogens is 2. The van der Waals surface area contributed by atoms with Gasteiger partial charge in [-0.2, -0.15) is 0 Å². The number of anilines is 2. The second kappa shape index (κ2) is 9.33. The molecule has 4 N–H and O–H groups in total. The fraction of sp³-hybridized carbons (Fsp3) is 0.148. The summed E-state index contributed by atoms with van der Waals surface area (Å²) >= 11 is 0. The summed E-state index contributed by atoms with van der Waals surface area (Å²) in [7, 11) is 0. The van der Waals surface area contributed by atoms with Crippen LogP contribution in [0, 0.1) is 0 Å². The maximum Gasteiger partial charge on any atom is 0.215 e. The number of carbonyl (C=O) groups is 1. The molecule has 3 heterocycles. The third kappa shape index (κ3) is 4.33. The van der Waals surface area contributed by atoms with Gasteiger partial charge in [0.05, 0.1) is 5.56 Å². The number of nitrogens with zero attached hydrogens (tertiary/aromatic N) is 3. The highest BCUT2D eigenvalue weighted by molar-refractivity contribution is 6.11. The maximum absolute atomic E-state index is 13.4. The number of nitrogens with two attached hydrogens (primary N) is 1. The predicted molar refractivity (Wildman–Crippen MR) is 141 cm³/mol. The monoisotopic (exact) mass is 459 g/mol. The van der Waals surface area contributed by atoms with E-state index < -0.39 is 0 Å². The highest BCUT2D eigenvalue weighted by Crippen LogP contribution is 2.30. The zero-order valence-electron chi connectivity index (χ0n) is 18.6. The molecule has 0 saturated carbocycles. The topological polar surface area (TPSA) is 104 Å². The van der Waals surface area contributed by atoms with Crippen molar-refractivity contribution in [3.8, 4) is 16.9 Å². The Hall–Kier alpha value is -4.23. The molecular weight excluding hydrogens is 426 g/mol. The van der Waals surface area contributed by atoms with Crippen molar-refractivity contribution in [1.29, 1.82) is 0 Å². The minimum absolute atomic E-state index is 0. The van der Waals surface area contributed by atoms with Crippen LogP contribution in [0.5, 0.6) is 5.75 Å². The van der Waals surface area contributed by atoms with Gasteiger partial charge in [-0.1, -0.05) is 54.6 Å². The van der Waals surface area contributed by atoms with Gasteiger partial charge in [0.1, 0.15) is 23.1 Å². The Balaban J connectivity index is 0.00000180. The first-order chi connectivity index (χ1) is 16.6. The van der Waals surface area contributed by atoms with Crippen molar-refractivity contribution < 1.29 is 15.6 Å². The van der Waals surface area contributed by atoms with Gasteiger partial charge < -0.3 is 21.1 Å². The number of para-hydroxylation sites is 1. The van der Waals surface area contributed by atoms with E-state index in [9.17, 15) is 9.90 Å². The van der Waals surface area contributed by atoms with Gasteiger partial charge >= 0.3 is 0 Å². The van der Waals surface area contributed by atoms with Crippen LogP contribution in [0.15, 0.2) is 85.1 Å². The molecule has 0 spiro atoms. The van der Waals surface area contributed by atoms with Crippen molar-refractivity contribution in [1.82, 2.24) is 15.3 Å². The lowest BCUT2D eigenvalue weighted by Crippen LogP contribution is -2.46. The molecule has 7 heteroatoms. The van der Waals surface area contributed by atoms with Gasteiger partial charge in [-0.25, -0.2) is 9.97 Å². The van der Waals surface area contributed by atoms with Gasteiger partial charge in [0.25, 0.3) is 0 Å². The summed E-state index contributed by atoms with van der Waals surface area (Å²) < 4.78 is 0. The highest BCUT2D eigenvalue weighted by Gasteiger charge is 2.23. The van der Waals surface area contributed by atoms with Crippen LogP contribution in [0.2, 0.25) is 0 Å². The van der Waals surface area contributed by atoms with E-state index in [-0.39, 0.29) is 34.7 Å². The number of nitrogens with one attached hydrogen (secondary N) is 1. The van der Waals surface area contributed by atoms with Gasteiger partial charge in [0.15, 0.2) is 0 Å². The quantitative estimate of drug-likeness (QED) is 0.368. The molecule has 1 aliphatic rings. The number of hydrogen-bond acceptors (Lipinski definition) is 7. The molecule has 34 heavy (non-hydrogen) atoms. The fourth-order valence-corrected chi connectivity index (χ4v) is 4.25. The second-order valence-electron chi connectivity index (χ2n) is 8.25. The number of ketones is 1. The maximum atomic E-state index is 13.4. The molecule has 1 saturated heterocycles. The number of piperazine rings is 1. The summed E-state index contributed by atoms with van der Waals surface area (Å²) in [6.45, 7) is 2.36. The standard InChI is InChI=1S/C27H25N5O2.4H2/c28-27-21(15-19(16-30-27)20-9-4-5-11-24(20)33)26(34)22-10-6-12-25(31-22)32-14-13-29-23(17-32)18-7-2-1-3-8-18;;;;/h1-12,15-16,23,29,33H,13-14,17H2,(H2,28,30);4*1H. The van der Waals surface area contributed by atoms with E-state index in [1.165, 1.54) is 5.56 Å². The van der Waals surface area contributed by atoms with Crippen molar-refractivity contribution in [2.24, 2.45) is 0 Å². The normalized spacial score (nSPS) is 15.8. The zero-order chi connectivity index (χ0) is 23.5. The molecule has 4 aromatic rings. The van der Waals surface area contributed by atoms with Gasteiger partial charge in [0.2, 0.25) is 5.78 Å². The van der Waals surface area contributed by atoms with E-state index in [1.54, 1.807) is 36.5 Å². The Morgan fingerprint density at radius 3 is 2.68 bits per heavy atom. The summed E-state index contributed by atoms with van der Waals surface area (Å²) in [6, 6.07) is 24.5. The Morgan fingerprint density at radius 1 is 1.06 bits per heavy atom. The van der Waals surface area contributed by atoms with Crippen LogP contribution < -0.4 is 16.0 Å². The smallest absolute Gasteiger partial charge is 0.215 e. The predicted octanol–water partition coefficient (Wildman–Crippen LogP) is 4.80. The molecular formula is C27H33N5O2. The van der Waals surface area contributed by atoms with E-state index in [1.807, 2.05) is 36.4 Å². The van der Waals surface area contributed by atoms with Crippen LogP contribution in [0.1, 0.15) is 33.4 Å². The van der Waals surface area contributed by atoms with Crippen LogP contribution in [-0.2, 0) is 0 Å². The summed E-state index contributed by atoms with van der Waals surface area (Å²) in [5.74, 6) is 0.678. The first-order valence-corrected chi connectivity index (χ1v) is 11.2. The largest absolute Gasteiger partial charge is 0.507 e. The Labute approximate surface area is 203 Å². The van der Waals surface area contributed by atoms with E-state index >= 15 is 0 Å². The van der Waals surface area contributed by atoms with Crippen LogP contribution in [0.4, 0.5) is 11.6 Å². The number of pyridine rings is 2. The summed E-state index contributed by atoms with van der Waals surface area (Å²) in [6.07, 6.45) is 1.55. The van der Waals surface area contributed by atoms with Crippen molar-refractivity contribution in [3.05, 3.63) is 102 Å². The molecule has 0 bridgehead atoms. The molecule has 5 rings (SSSR count). The molecule has 2 aromatic carbocycles. The highest BCUT2D eigenvalue weighted by atomic mass is 16.3. The number of hydrogen-bond donors (Lipinski definition) is 3. The van der Waals surface area contributed by atoms with Gasteiger partial charge in [0, 0.05) is 48.7 Å². The molecule has 2 aromatic heterocycles. The lowest BCUT2D eigenvalue weighted by Gasteiger charge is -2.35. The molecule has 1 atom stereocenters. The third-order valence-corrected chi connectivity index (χ3v) is 6.05. The lowest BCUT2D eigenvalue weighted by atomic mass is 10.0. The van der Waals surface area contributed by atoms with Gasteiger partial charge in [-0.15, -0.1) is 0 Å². The van der Waals surface area contributed by atoms with Crippen LogP contribution in [-0.4, -0.2) is 40.5 Å². The van der Waals surface area contributed by atoms with Crippen molar-refractivity contribution >= 4 is 17.4 Å². The van der Waals surface area contributed by atoms with Crippen molar-refractivity contribution in [2.75, 3.05) is 30.3 Å². The van der Waals surface area contributed by atoms with Crippen LogP contribution >= 0.6 is 0 Å². The van der Waals surface area contributed by atoms with E-state index in [0.29, 0.717) is 16.8 Å². The molecule has 7 nitrogen and oxygen atoms in total. The first kappa shape index (κ1) is 21.6. The molecule has 1 unspecified atom stereocenters.